The number of carboxylic acids is 1. The van der Waals surface area contributed by atoms with E-state index >= 15 is 0 Å². The Kier molecular flexibility index (Phi) is 34.6. The van der Waals surface area contributed by atoms with Gasteiger partial charge in [0, 0.05) is 116 Å². The van der Waals surface area contributed by atoms with Gasteiger partial charge in [0.2, 0.25) is 0 Å². The number of pyridine rings is 5. The number of carbonyl (C=O) groups is 3. The molecule has 135 heavy (non-hydrogen) atoms. The average molecular weight is 1920 g/mol. The maximum atomic E-state index is 12.6. The normalized spacial score (nSPS) is 13.0. The second kappa shape index (κ2) is 44.8. The third kappa shape index (κ3) is 26.8. The van der Waals surface area contributed by atoms with E-state index < -0.39 is 58.5 Å². The number of aliphatic hydroxyl groups is 4. The summed E-state index contributed by atoms with van der Waals surface area (Å²) >= 11 is 30.3. The molecule has 15 rings (SSSR count). The van der Waals surface area contributed by atoms with Crippen molar-refractivity contribution in [1.29, 1.82) is 0 Å². The Hall–Kier alpha value is -11.2. The summed E-state index contributed by atoms with van der Waals surface area (Å²) in [6.45, 7) is 37.9. The molecule has 10 aromatic carbocycles. The Labute approximate surface area is 816 Å². The van der Waals surface area contributed by atoms with Crippen LogP contribution in [0.1, 0.15) is 190 Å². The number of aliphatic hydroxyl groups excluding tert-OH is 4. The van der Waals surface area contributed by atoms with Crippen molar-refractivity contribution in [3.63, 3.8) is 0 Å². The highest BCUT2D eigenvalue weighted by Crippen LogP contribution is 2.46. The molecule has 0 aliphatic carbocycles. The molecule has 0 unspecified atom stereocenters. The molecule has 0 aliphatic rings. The summed E-state index contributed by atoms with van der Waals surface area (Å²) in [5.74, 6) is -1.64. The smallest absolute Gasteiger partial charge is 0.337 e. The molecule has 0 saturated heterocycles. The van der Waals surface area contributed by atoms with Gasteiger partial charge in [-0.25, -0.2) is 4.79 Å². The molecule has 5 N–H and O–H groups in total. The van der Waals surface area contributed by atoms with Crippen LogP contribution in [0.5, 0.6) is 0 Å². The topological polar surface area (TPSA) is 263 Å². The lowest BCUT2D eigenvalue weighted by Gasteiger charge is -2.31. The molecule has 5 heterocycles. The number of esters is 2. The molecule has 15 aromatic rings. The number of carboxylic acid groups (broad SMARTS) is 1. The van der Waals surface area contributed by atoms with Crippen molar-refractivity contribution >= 4 is 130 Å². The molecule has 23 heteroatoms. The van der Waals surface area contributed by atoms with Crippen LogP contribution in [0.15, 0.2) is 243 Å². The van der Waals surface area contributed by atoms with E-state index in [0.29, 0.717) is 41.8 Å². The maximum absolute atomic E-state index is 12.6. The summed E-state index contributed by atoms with van der Waals surface area (Å²) in [5, 5.41) is 58.9. The number of halogens is 5. The van der Waals surface area contributed by atoms with Crippen molar-refractivity contribution in [2.45, 2.75) is 186 Å². The van der Waals surface area contributed by atoms with Gasteiger partial charge in [0.25, 0.3) is 0 Å². The summed E-state index contributed by atoms with van der Waals surface area (Å²) in [4.78, 5) is 59.7. The summed E-state index contributed by atoms with van der Waals surface area (Å²) in [5.41, 5.74) is 19.2. The predicted molar refractivity (Wildman–Crippen MR) is 548 cm³/mol. The molecule has 0 radical (unpaired) electrons. The lowest BCUT2D eigenvalue weighted by Crippen LogP contribution is -2.30. The highest BCUT2D eigenvalue weighted by molar-refractivity contribution is 6.32. The lowest BCUT2D eigenvalue weighted by molar-refractivity contribution is -0.162. The van der Waals surface area contributed by atoms with E-state index in [1.807, 2.05) is 280 Å². The van der Waals surface area contributed by atoms with Gasteiger partial charge in [0.1, 0.15) is 37.6 Å². The van der Waals surface area contributed by atoms with Crippen molar-refractivity contribution < 1.29 is 63.6 Å². The van der Waals surface area contributed by atoms with Crippen LogP contribution < -0.4 is 0 Å². The molecule has 0 spiro atoms. The third-order valence-electron chi connectivity index (χ3n) is 21.9. The fourth-order valence-electron chi connectivity index (χ4n) is 16.2. The number of aromatic nitrogens is 5. The molecular formula is C112H118Cl5N5O13. The Balaban J connectivity index is 0.000000163. The summed E-state index contributed by atoms with van der Waals surface area (Å²) < 4.78 is 29.7. The number of hydrogen-bond acceptors (Lipinski definition) is 17. The first-order valence-corrected chi connectivity index (χ1v) is 46.4. The first-order chi connectivity index (χ1) is 63.6. The van der Waals surface area contributed by atoms with Crippen LogP contribution in [-0.4, -0.2) is 112 Å². The van der Waals surface area contributed by atoms with Gasteiger partial charge in [0.15, 0.2) is 6.10 Å². The standard InChI is InChI=1S/C27H32ClNO3.C23H24ClNO3.C22H22ClNO3.C22H24ClNO2.C18H16ClNO2/c1-17-15-19-9-8-14-29-24(19)23(18-10-12-20(28)13-11-18)22(17)21(32-27(5,6)7)16-31-25(30)26(2,3)4;1-14-12-16-6-5-11-25-21(16)20(15-7-9-17(24)10-8-15)19(14)18(26)13-28-22(27)23(2,3)4;1-13-12-15-6-5-11-24-19(15)18(14-7-9-16(23)10-8-14)17(13)20(21(25)26)27-22(2,3)4;1-14-12-16-6-5-11-24-21(16)20(15-7-9-17(23)10-8-15)19(14)18(13-25)26-22(2,3)4;1-11-9-13-3-2-8-20-18(13)17(16(11)15(22)10-21)12-4-6-14(19)7-5-12/h8-15,21H,16H2,1-7H3;5-12,18,26H,13H2,1-4H3;5-12,20H,1-4H3,(H,25,26);5-12,18,25H,13H2,1-4H3;2-9,15,21-22H,10H2,1H3/t21-;18-;20-;18-;15-/m11011/s1. The van der Waals surface area contributed by atoms with Crippen LogP contribution in [0.2, 0.25) is 25.1 Å². The number of hydrogen-bond donors (Lipinski definition) is 5. The van der Waals surface area contributed by atoms with Gasteiger partial charge in [0.05, 0.1) is 68.4 Å². The quantitative estimate of drug-likeness (QED) is 0.0444. The highest BCUT2D eigenvalue weighted by atomic mass is 35.5. The van der Waals surface area contributed by atoms with E-state index in [1.165, 1.54) is 0 Å². The van der Waals surface area contributed by atoms with Gasteiger partial charge in [-0.3, -0.25) is 34.5 Å². The number of carbonyl (C=O) groups excluding carboxylic acids is 2. The van der Waals surface area contributed by atoms with Gasteiger partial charge in [-0.1, -0.05) is 149 Å². The lowest BCUT2D eigenvalue weighted by atomic mass is 9.89. The second-order valence-corrected chi connectivity index (χ2v) is 40.5. The molecule has 0 fully saturated rings. The molecular weight excluding hydrogens is 1800 g/mol. The molecule has 18 nitrogen and oxygen atoms in total. The minimum absolute atomic E-state index is 0.100. The van der Waals surface area contributed by atoms with Crippen LogP contribution in [-0.2, 0) is 38.1 Å². The third-order valence-corrected chi connectivity index (χ3v) is 23.2. The van der Waals surface area contributed by atoms with Crippen molar-refractivity contribution in [2.75, 3.05) is 26.4 Å². The van der Waals surface area contributed by atoms with Gasteiger partial charge < -0.3 is 49.2 Å². The average Bonchev–Trinajstić information content (AvgIpc) is 0.759. The number of rotatable bonds is 20. The Morgan fingerprint density at radius 1 is 0.311 bits per heavy atom. The molecule has 704 valence electrons. The fraction of sp³-hybridized carbons (Fsp3) is 0.304. The zero-order chi connectivity index (χ0) is 98.5. The first-order valence-electron chi connectivity index (χ1n) is 44.5. The zero-order valence-electron chi connectivity index (χ0n) is 79.9. The summed E-state index contributed by atoms with van der Waals surface area (Å²) in [7, 11) is 0. The highest BCUT2D eigenvalue weighted by Gasteiger charge is 2.36. The van der Waals surface area contributed by atoms with Crippen LogP contribution in [0.4, 0.5) is 0 Å². The van der Waals surface area contributed by atoms with Crippen LogP contribution >= 0.6 is 58.0 Å². The molecule has 0 aliphatic heterocycles. The van der Waals surface area contributed by atoms with E-state index in [2.05, 4.69) is 58.0 Å². The summed E-state index contributed by atoms with van der Waals surface area (Å²) in [6, 6.07) is 67.3. The minimum atomic E-state index is -1.11. The largest absolute Gasteiger partial charge is 0.479 e. The zero-order valence-corrected chi connectivity index (χ0v) is 83.7. The van der Waals surface area contributed by atoms with E-state index in [1.54, 1.807) is 63.9 Å². The van der Waals surface area contributed by atoms with Crippen molar-refractivity contribution in [2.24, 2.45) is 10.8 Å². The second-order valence-electron chi connectivity index (χ2n) is 38.3. The van der Waals surface area contributed by atoms with Crippen LogP contribution in [0, 0.1) is 45.4 Å². The fourth-order valence-corrected chi connectivity index (χ4v) is 16.8. The van der Waals surface area contributed by atoms with Gasteiger partial charge in [-0.05, 0) is 338 Å². The molecule has 5 aromatic heterocycles. The van der Waals surface area contributed by atoms with Gasteiger partial charge in [-0.15, -0.1) is 0 Å². The SMILES string of the molecule is Cc1cc2cccnc2c(-c2ccc(Cl)cc2)c1[C@@H](CO)OC(C)(C)C.Cc1cc2cccnc2c(-c2ccc(Cl)cc2)c1[C@@H](COC(=O)C(C)(C)C)OC(C)(C)C.Cc1cc2cccnc2c(-c2ccc(Cl)cc2)c1[C@H](O)CO.Cc1cc2cccnc2c(-c2ccc(Cl)cc2)c1[C@H](O)COC(=O)C(C)(C)C.Cc1cc2cccnc2c(-c2ccc(Cl)cc2)c1[C@H](OC(C)(C)C)C(=O)O. The van der Waals surface area contributed by atoms with Crippen LogP contribution in [0.25, 0.3) is 110 Å². The first kappa shape index (κ1) is 104. The molecule has 0 saturated carbocycles. The van der Waals surface area contributed by atoms with Crippen molar-refractivity contribution in [3.05, 3.63) is 324 Å². The monoisotopic (exact) mass is 1920 g/mol. The number of ether oxygens (including phenoxy) is 5. The minimum Gasteiger partial charge on any atom is -0.479 e. The predicted octanol–water partition coefficient (Wildman–Crippen LogP) is 28.2. The van der Waals surface area contributed by atoms with E-state index in [9.17, 15) is 39.9 Å². The maximum Gasteiger partial charge on any atom is 0.337 e. The van der Waals surface area contributed by atoms with Crippen molar-refractivity contribution in [1.82, 2.24) is 24.9 Å². The number of benzene rings is 10. The molecule has 5 atom stereocenters. The van der Waals surface area contributed by atoms with Crippen molar-refractivity contribution in [3.8, 4) is 55.6 Å². The van der Waals surface area contributed by atoms with Crippen LogP contribution in [0.3, 0.4) is 0 Å². The van der Waals surface area contributed by atoms with E-state index in [0.717, 1.165) is 149 Å². The Morgan fingerprint density at radius 3 is 0.807 bits per heavy atom. The number of aliphatic carboxylic acids is 1. The van der Waals surface area contributed by atoms with E-state index in [4.69, 9.17) is 86.7 Å². The van der Waals surface area contributed by atoms with Gasteiger partial charge in [-0.2, -0.15) is 0 Å². The number of aryl methyl sites for hydroxylation is 5. The van der Waals surface area contributed by atoms with Gasteiger partial charge >= 0.3 is 17.9 Å². The van der Waals surface area contributed by atoms with E-state index in [-0.39, 0.29) is 44.0 Å². The Morgan fingerprint density at radius 2 is 0.548 bits per heavy atom. The number of nitrogens with zero attached hydrogens (tertiary/aromatic N) is 5. The summed E-state index contributed by atoms with van der Waals surface area (Å²) in [6.07, 6.45) is 4.83. The number of fused-ring (bicyclic) bond motifs is 5. The molecule has 0 amide bonds. The molecule has 0 bridgehead atoms. The Bertz CT molecular complexity index is 6710.